The molecule has 6 nitrogen and oxygen atoms in total. The van der Waals surface area contributed by atoms with Gasteiger partial charge in [0.05, 0.1) is 27.3 Å². The van der Waals surface area contributed by atoms with Crippen molar-refractivity contribution in [1.82, 2.24) is 5.32 Å². The number of halogens is 5. The number of hydrogen-bond donors (Lipinski definition) is 1. The van der Waals surface area contributed by atoms with Crippen LogP contribution in [0.4, 0.5) is 5.69 Å². The molecule has 3 aromatic carbocycles. The fourth-order valence-electron chi connectivity index (χ4n) is 3.44. The average molecular weight is 706 g/mol. The monoisotopic (exact) mass is 702 g/mol. The van der Waals surface area contributed by atoms with Crippen molar-refractivity contribution >= 4 is 108 Å². The highest BCUT2D eigenvalue weighted by Crippen LogP contribution is 2.44. The molecular weight excluding hydrogens is 691 g/mol. The van der Waals surface area contributed by atoms with Crippen LogP contribution in [0.25, 0.3) is 6.08 Å². The first kappa shape index (κ1) is 27.9. The van der Waals surface area contributed by atoms with E-state index in [1.54, 1.807) is 48.5 Å². The van der Waals surface area contributed by atoms with E-state index in [4.69, 9.17) is 56.5 Å². The molecule has 1 aliphatic heterocycles. The van der Waals surface area contributed by atoms with Crippen molar-refractivity contribution in [2.45, 2.75) is 6.61 Å². The molecule has 0 unspecified atom stereocenters. The van der Waals surface area contributed by atoms with Gasteiger partial charge in [0.15, 0.2) is 16.6 Å². The second kappa shape index (κ2) is 11.7. The zero-order chi connectivity index (χ0) is 26.9. The molecule has 0 atom stereocenters. The van der Waals surface area contributed by atoms with Gasteiger partial charge in [-0.05, 0) is 97.7 Å². The van der Waals surface area contributed by atoms with Crippen molar-refractivity contribution in [2.75, 3.05) is 12.0 Å². The van der Waals surface area contributed by atoms with Crippen molar-refractivity contribution in [2.24, 2.45) is 0 Å². The molecule has 0 aliphatic carbocycles. The molecule has 2 amide bonds. The van der Waals surface area contributed by atoms with Crippen molar-refractivity contribution in [3.05, 3.63) is 89.2 Å². The molecule has 0 aromatic heterocycles. The van der Waals surface area contributed by atoms with Crippen molar-refractivity contribution in [3.63, 3.8) is 0 Å². The standard InChI is InChI=1S/C25H15Br2Cl3N2O4S/c1-35-19-9-13(20(26)21(27)22(19)36-11-12-5-6-17(29)18(30)7-12)8-16-23(33)31-25(37)32(24(16)34)15-4-2-3-14(28)10-15/h2-10H,11H2,1H3,(H,31,33,37)/b16-8+. The molecule has 1 saturated heterocycles. The highest BCUT2D eigenvalue weighted by atomic mass is 79.9. The Kier molecular flexibility index (Phi) is 8.83. The third-order valence-corrected chi connectivity index (χ3v) is 8.61. The number of nitrogens with zero attached hydrogens (tertiary/aromatic N) is 1. The van der Waals surface area contributed by atoms with E-state index in [2.05, 4.69) is 37.2 Å². The third-order valence-electron chi connectivity index (χ3n) is 5.21. The first-order chi connectivity index (χ1) is 17.6. The number of methoxy groups -OCH3 is 1. The number of ether oxygens (including phenoxy) is 2. The molecule has 190 valence electrons. The summed E-state index contributed by atoms with van der Waals surface area (Å²) < 4.78 is 12.6. The van der Waals surface area contributed by atoms with Crippen LogP contribution in [0.5, 0.6) is 11.5 Å². The Morgan fingerprint density at radius 1 is 1.03 bits per heavy atom. The SMILES string of the molecule is COc1cc(/C=C2\C(=O)NC(=S)N(c3cccc(Cl)c3)C2=O)c(Br)c(Br)c1OCc1ccc(Cl)c(Cl)c1. The maximum absolute atomic E-state index is 13.4. The summed E-state index contributed by atoms with van der Waals surface area (Å²) in [5.74, 6) is -0.454. The Morgan fingerprint density at radius 2 is 1.78 bits per heavy atom. The second-order valence-electron chi connectivity index (χ2n) is 7.60. The van der Waals surface area contributed by atoms with Gasteiger partial charge in [-0.15, -0.1) is 0 Å². The van der Waals surface area contributed by atoms with E-state index in [1.165, 1.54) is 18.1 Å². The van der Waals surface area contributed by atoms with Gasteiger partial charge in [-0.3, -0.25) is 19.8 Å². The van der Waals surface area contributed by atoms with Crippen LogP contribution in [0.1, 0.15) is 11.1 Å². The zero-order valence-electron chi connectivity index (χ0n) is 18.8. The Morgan fingerprint density at radius 3 is 2.46 bits per heavy atom. The van der Waals surface area contributed by atoms with Crippen LogP contribution < -0.4 is 19.7 Å². The van der Waals surface area contributed by atoms with Crippen molar-refractivity contribution < 1.29 is 19.1 Å². The van der Waals surface area contributed by atoms with Crippen LogP contribution in [0.15, 0.2) is 63.0 Å². The van der Waals surface area contributed by atoms with E-state index in [0.29, 0.717) is 46.8 Å². The molecule has 3 aromatic rings. The minimum atomic E-state index is -0.629. The van der Waals surface area contributed by atoms with Crippen LogP contribution >= 0.6 is 78.9 Å². The lowest BCUT2D eigenvalue weighted by atomic mass is 10.1. The predicted molar refractivity (Wildman–Crippen MR) is 157 cm³/mol. The van der Waals surface area contributed by atoms with E-state index >= 15 is 0 Å². The first-order valence-electron chi connectivity index (χ1n) is 10.4. The van der Waals surface area contributed by atoms with Gasteiger partial charge >= 0.3 is 0 Å². The van der Waals surface area contributed by atoms with Gasteiger partial charge in [-0.1, -0.05) is 46.9 Å². The van der Waals surface area contributed by atoms with Crippen LogP contribution in [0.3, 0.4) is 0 Å². The van der Waals surface area contributed by atoms with Gasteiger partial charge in [0.1, 0.15) is 12.2 Å². The summed E-state index contributed by atoms with van der Waals surface area (Å²) >= 11 is 30.5. The molecule has 0 spiro atoms. The molecule has 0 radical (unpaired) electrons. The maximum Gasteiger partial charge on any atom is 0.270 e. The Bertz CT molecular complexity index is 1480. The molecular formula is C25H15Br2Cl3N2O4S. The van der Waals surface area contributed by atoms with Crippen molar-refractivity contribution in [3.8, 4) is 11.5 Å². The van der Waals surface area contributed by atoms with Gasteiger partial charge in [0, 0.05) is 9.50 Å². The summed E-state index contributed by atoms with van der Waals surface area (Å²) in [4.78, 5) is 27.3. The topological polar surface area (TPSA) is 67.9 Å². The second-order valence-corrected chi connectivity index (χ2v) is 10.8. The van der Waals surface area contributed by atoms with E-state index in [-0.39, 0.29) is 17.3 Å². The molecule has 0 saturated carbocycles. The smallest absolute Gasteiger partial charge is 0.270 e. The fourth-order valence-corrected chi connectivity index (χ4v) is 5.18. The summed E-state index contributed by atoms with van der Waals surface area (Å²) in [6.45, 7) is 0.186. The van der Waals surface area contributed by atoms with Gasteiger partial charge in [-0.2, -0.15) is 0 Å². The number of thiocarbonyl (C=S) groups is 1. The number of anilines is 1. The van der Waals surface area contributed by atoms with Gasteiger partial charge in [0.2, 0.25) is 0 Å². The zero-order valence-corrected chi connectivity index (χ0v) is 25.0. The lowest BCUT2D eigenvalue weighted by molar-refractivity contribution is -0.122. The molecule has 1 N–H and O–H groups in total. The third kappa shape index (κ3) is 5.97. The van der Waals surface area contributed by atoms with E-state index in [0.717, 1.165) is 5.56 Å². The quantitative estimate of drug-likeness (QED) is 0.163. The lowest BCUT2D eigenvalue weighted by Crippen LogP contribution is -2.54. The number of amides is 2. The highest BCUT2D eigenvalue weighted by Gasteiger charge is 2.35. The first-order valence-corrected chi connectivity index (χ1v) is 13.5. The number of carbonyl (C=O) groups is 2. The average Bonchev–Trinajstić information content (AvgIpc) is 2.85. The highest BCUT2D eigenvalue weighted by molar-refractivity contribution is 9.13. The summed E-state index contributed by atoms with van der Waals surface area (Å²) in [6, 6.07) is 13.4. The van der Waals surface area contributed by atoms with Crippen LogP contribution in [-0.2, 0) is 16.2 Å². The van der Waals surface area contributed by atoms with E-state index in [1.807, 2.05) is 0 Å². The normalized spacial score (nSPS) is 14.7. The Hall–Kier alpha value is -2.14. The molecule has 1 aliphatic rings. The summed E-state index contributed by atoms with van der Waals surface area (Å²) in [6.07, 6.45) is 1.44. The summed E-state index contributed by atoms with van der Waals surface area (Å²) in [5, 5.41) is 3.79. The van der Waals surface area contributed by atoms with E-state index < -0.39 is 11.8 Å². The minimum absolute atomic E-state index is 0.0432. The minimum Gasteiger partial charge on any atom is -0.493 e. The predicted octanol–water partition coefficient (Wildman–Crippen LogP) is 7.59. The largest absolute Gasteiger partial charge is 0.493 e. The molecule has 37 heavy (non-hydrogen) atoms. The summed E-state index contributed by atoms with van der Waals surface area (Å²) in [7, 11) is 1.48. The molecule has 1 fully saturated rings. The number of rotatable bonds is 6. The van der Waals surface area contributed by atoms with Gasteiger partial charge < -0.3 is 9.47 Å². The van der Waals surface area contributed by atoms with Crippen LogP contribution in [-0.4, -0.2) is 24.0 Å². The van der Waals surface area contributed by atoms with Crippen LogP contribution in [0.2, 0.25) is 15.1 Å². The molecule has 4 rings (SSSR count). The Balaban J connectivity index is 1.69. The number of benzene rings is 3. The number of carbonyl (C=O) groups excluding carboxylic acids is 2. The Labute approximate surface area is 249 Å². The summed E-state index contributed by atoms with van der Waals surface area (Å²) in [5.41, 5.74) is 1.58. The number of hydrogen-bond acceptors (Lipinski definition) is 5. The van der Waals surface area contributed by atoms with Crippen LogP contribution in [0, 0.1) is 0 Å². The molecule has 0 bridgehead atoms. The molecule has 12 heteroatoms. The van der Waals surface area contributed by atoms with Crippen molar-refractivity contribution in [1.29, 1.82) is 0 Å². The molecule has 1 heterocycles. The lowest BCUT2D eigenvalue weighted by Gasteiger charge is -2.29. The maximum atomic E-state index is 13.4. The number of nitrogens with one attached hydrogen (secondary N) is 1. The van der Waals surface area contributed by atoms with E-state index in [9.17, 15) is 9.59 Å². The van der Waals surface area contributed by atoms with Gasteiger partial charge in [-0.25, -0.2) is 0 Å². The van der Waals surface area contributed by atoms with Gasteiger partial charge in [0.25, 0.3) is 11.8 Å². The fraction of sp³-hybridized carbons (Fsp3) is 0.0800.